The Morgan fingerprint density at radius 1 is 1.38 bits per heavy atom. The molecule has 1 unspecified atom stereocenters. The number of hydrogen-bond acceptors (Lipinski definition) is 1. The molecular formula is C14H20FN. The zero-order chi connectivity index (χ0) is 11.8. The molecule has 1 aliphatic rings. The largest absolute Gasteiger partial charge is 0.316 e. The quantitative estimate of drug-likeness (QED) is 0.809. The van der Waals surface area contributed by atoms with E-state index < -0.39 is 0 Å². The van der Waals surface area contributed by atoms with Crippen molar-refractivity contribution in [1.82, 2.24) is 5.32 Å². The van der Waals surface area contributed by atoms with E-state index in [1.807, 2.05) is 19.1 Å². The van der Waals surface area contributed by atoms with Crippen molar-refractivity contribution in [2.45, 2.75) is 32.6 Å². The van der Waals surface area contributed by atoms with Crippen molar-refractivity contribution >= 4 is 0 Å². The van der Waals surface area contributed by atoms with Crippen LogP contribution in [0.4, 0.5) is 4.39 Å². The topological polar surface area (TPSA) is 12.0 Å². The van der Waals surface area contributed by atoms with Crippen LogP contribution in [0.5, 0.6) is 0 Å². The fourth-order valence-corrected chi connectivity index (χ4v) is 2.74. The molecule has 0 bridgehead atoms. The summed E-state index contributed by atoms with van der Waals surface area (Å²) in [5, 5.41) is 3.43. The molecule has 1 aromatic rings. The number of hydrogen-bond donors (Lipinski definition) is 1. The molecule has 1 nitrogen and oxygen atoms in total. The van der Waals surface area contributed by atoms with E-state index in [1.165, 1.54) is 5.56 Å². The average molecular weight is 221 g/mol. The molecule has 1 aliphatic heterocycles. The smallest absolute Gasteiger partial charge is 0.126 e. The van der Waals surface area contributed by atoms with Crippen LogP contribution in [-0.2, 0) is 5.41 Å². The summed E-state index contributed by atoms with van der Waals surface area (Å²) in [5.74, 6) is 0.473. The lowest BCUT2D eigenvalue weighted by Gasteiger charge is -2.33. The minimum atomic E-state index is -0.103. The Morgan fingerprint density at radius 3 is 2.62 bits per heavy atom. The van der Waals surface area contributed by atoms with Crippen LogP contribution in [0.15, 0.2) is 18.2 Å². The number of halogens is 1. The average Bonchev–Trinajstić information content (AvgIpc) is 2.72. The molecule has 1 aromatic carbocycles. The predicted octanol–water partition coefficient (Wildman–Crippen LogP) is 3.02. The van der Waals surface area contributed by atoms with Crippen LogP contribution in [0, 0.1) is 18.7 Å². The Morgan fingerprint density at radius 2 is 2.12 bits per heavy atom. The van der Waals surface area contributed by atoms with Gasteiger partial charge in [-0.15, -0.1) is 0 Å². The van der Waals surface area contributed by atoms with E-state index in [-0.39, 0.29) is 11.2 Å². The minimum Gasteiger partial charge on any atom is -0.316 e. The predicted molar refractivity (Wildman–Crippen MR) is 65.1 cm³/mol. The van der Waals surface area contributed by atoms with Crippen molar-refractivity contribution in [3.05, 3.63) is 35.1 Å². The van der Waals surface area contributed by atoms with Crippen molar-refractivity contribution in [1.29, 1.82) is 0 Å². The van der Waals surface area contributed by atoms with Crippen molar-refractivity contribution < 1.29 is 4.39 Å². The Labute approximate surface area is 97.1 Å². The molecule has 0 aromatic heterocycles. The molecule has 0 aliphatic carbocycles. The molecule has 0 saturated carbocycles. The van der Waals surface area contributed by atoms with Gasteiger partial charge in [0, 0.05) is 12.0 Å². The molecule has 0 radical (unpaired) electrons. The lowest BCUT2D eigenvalue weighted by molar-refractivity contribution is 0.336. The van der Waals surface area contributed by atoms with Crippen LogP contribution in [0.2, 0.25) is 0 Å². The molecule has 0 spiro atoms. The van der Waals surface area contributed by atoms with Gasteiger partial charge in [0.05, 0.1) is 0 Å². The summed E-state index contributed by atoms with van der Waals surface area (Å²) in [6, 6.07) is 5.57. The molecule has 1 heterocycles. The Bertz CT molecular complexity index is 378. The molecule has 88 valence electrons. The van der Waals surface area contributed by atoms with Gasteiger partial charge < -0.3 is 5.32 Å². The molecule has 1 saturated heterocycles. The van der Waals surface area contributed by atoms with Gasteiger partial charge in [0.2, 0.25) is 0 Å². The van der Waals surface area contributed by atoms with Crippen LogP contribution in [-0.4, -0.2) is 13.1 Å². The minimum absolute atomic E-state index is 0.103. The van der Waals surface area contributed by atoms with Gasteiger partial charge in [-0.05, 0) is 43.0 Å². The second-order valence-corrected chi connectivity index (χ2v) is 5.20. The van der Waals surface area contributed by atoms with Gasteiger partial charge in [-0.2, -0.15) is 0 Å². The molecule has 1 fully saturated rings. The number of nitrogens with one attached hydrogen (secondary N) is 1. The number of aryl methyl sites for hydroxylation is 1. The third-order valence-corrected chi connectivity index (χ3v) is 4.03. The maximum absolute atomic E-state index is 13.3. The van der Waals surface area contributed by atoms with Crippen LogP contribution in [0.3, 0.4) is 0 Å². The number of rotatable bonds is 2. The second-order valence-electron chi connectivity index (χ2n) is 5.20. The second kappa shape index (κ2) is 4.17. The summed E-state index contributed by atoms with van der Waals surface area (Å²) < 4.78 is 13.3. The van der Waals surface area contributed by atoms with E-state index in [1.54, 1.807) is 6.07 Å². The van der Waals surface area contributed by atoms with Crippen molar-refractivity contribution in [3.8, 4) is 0 Å². The van der Waals surface area contributed by atoms with E-state index in [2.05, 4.69) is 19.2 Å². The molecule has 1 atom stereocenters. The normalized spacial score (nSPS) is 25.3. The van der Waals surface area contributed by atoms with Crippen molar-refractivity contribution in [3.63, 3.8) is 0 Å². The zero-order valence-electron chi connectivity index (χ0n) is 10.3. The van der Waals surface area contributed by atoms with Crippen LogP contribution in [0.25, 0.3) is 0 Å². The highest BCUT2D eigenvalue weighted by molar-refractivity contribution is 5.33. The van der Waals surface area contributed by atoms with E-state index in [9.17, 15) is 4.39 Å². The van der Waals surface area contributed by atoms with E-state index >= 15 is 0 Å². The maximum Gasteiger partial charge on any atom is 0.126 e. The Hall–Kier alpha value is -0.890. The van der Waals surface area contributed by atoms with Gasteiger partial charge in [-0.3, -0.25) is 0 Å². The lowest BCUT2D eigenvalue weighted by atomic mass is 9.71. The van der Waals surface area contributed by atoms with Crippen LogP contribution in [0.1, 0.15) is 31.4 Å². The highest BCUT2D eigenvalue weighted by atomic mass is 19.1. The first-order valence-corrected chi connectivity index (χ1v) is 6.03. The number of benzene rings is 1. The van der Waals surface area contributed by atoms with Crippen molar-refractivity contribution in [2.75, 3.05) is 13.1 Å². The van der Waals surface area contributed by atoms with Gasteiger partial charge in [-0.1, -0.05) is 26.0 Å². The van der Waals surface area contributed by atoms with Gasteiger partial charge in [0.1, 0.15) is 5.82 Å². The molecule has 16 heavy (non-hydrogen) atoms. The summed E-state index contributed by atoms with van der Waals surface area (Å²) in [6.07, 6.45) is 1.15. The highest BCUT2D eigenvalue weighted by Gasteiger charge is 2.38. The Balaban J connectivity index is 2.43. The van der Waals surface area contributed by atoms with E-state index in [4.69, 9.17) is 0 Å². The molecule has 0 amide bonds. The third kappa shape index (κ3) is 1.75. The first kappa shape index (κ1) is 11.6. The fourth-order valence-electron chi connectivity index (χ4n) is 2.74. The fraction of sp³-hybridized carbons (Fsp3) is 0.571. The van der Waals surface area contributed by atoms with Gasteiger partial charge in [0.15, 0.2) is 0 Å². The summed E-state index contributed by atoms with van der Waals surface area (Å²) in [5.41, 5.74) is 2.23. The van der Waals surface area contributed by atoms with Crippen LogP contribution < -0.4 is 5.32 Å². The Kier molecular flexibility index (Phi) is 3.02. The maximum atomic E-state index is 13.3. The monoisotopic (exact) mass is 221 g/mol. The zero-order valence-corrected chi connectivity index (χ0v) is 10.3. The standard InChI is InChI=1S/C14H20FN/c1-10(2)14(6-7-16-9-14)12-4-5-13(15)11(3)8-12/h4-5,8,10,16H,6-7,9H2,1-3H3. The SMILES string of the molecule is Cc1cc(C2(C(C)C)CCNC2)ccc1F. The summed E-state index contributed by atoms with van der Waals surface area (Å²) >= 11 is 0. The lowest BCUT2D eigenvalue weighted by Crippen LogP contribution is -2.34. The first-order chi connectivity index (χ1) is 7.56. The highest BCUT2D eigenvalue weighted by Crippen LogP contribution is 2.38. The summed E-state index contributed by atoms with van der Waals surface area (Å²) in [7, 11) is 0. The van der Waals surface area contributed by atoms with Crippen LogP contribution >= 0.6 is 0 Å². The van der Waals surface area contributed by atoms with Gasteiger partial charge >= 0.3 is 0 Å². The molecule has 2 rings (SSSR count). The van der Waals surface area contributed by atoms with Crippen molar-refractivity contribution in [2.24, 2.45) is 5.92 Å². The first-order valence-electron chi connectivity index (χ1n) is 6.03. The molecule has 1 N–H and O–H groups in total. The third-order valence-electron chi connectivity index (χ3n) is 4.03. The molecular weight excluding hydrogens is 201 g/mol. The summed E-state index contributed by atoms with van der Waals surface area (Å²) in [6.45, 7) is 8.43. The van der Waals surface area contributed by atoms with E-state index in [0.717, 1.165) is 25.1 Å². The molecule has 2 heteroatoms. The van der Waals surface area contributed by atoms with E-state index in [0.29, 0.717) is 5.92 Å². The van der Waals surface area contributed by atoms with Gasteiger partial charge in [0.25, 0.3) is 0 Å². The van der Waals surface area contributed by atoms with Gasteiger partial charge in [-0.25, -0.2) is 4.39 Å². The summed E-state index contributed by atoms with van der Waals surface area (Å²) in [4.78, 5) is 0.